The van der Waals surface area contributed by atoms with Gasteiger partial charge in [0.25, 0.3) is 0 Å². The quantitative estimate of drug-likeness (QED) is 0.389. The van der Waals surface area contributed by atoms with Crippen LogP contribution >= 0.6 is 0 Å². The summed E-state index contributed by atoms with van der Waals surface area (Å²) in [7, 11) is 0. The zero-order chi connectivity index (χ0) is 8.93. The zero-order valence-corrected chi connectivity index (χ0v) is 7.83. The van der Waals surface area contributed by atoms with Crippen LogP contribution in [0.1, 0.15) is 11.4 Å². The average Bonchev–Trinajstić information content (AvgIpc) is 2.21. The van der Waals surface area contributed by atoms with Crippen LogP contribution in [0.3, 0.4) is 0 Å². The maximum Gasteiger partial charge on any atom is 1.00 e. The van der Waals surface area contributed by atoms with E-state index in [-0.39, 0.29) is 18.9 Å². The summed E-state index contributed by atoms with van der Waals surface area (Å²) >= 11 is 0. The summed E-state index contributed by atoms with van der Waals surface area (Å²) in [6.45, 7) is 0. The van der Waals surface area contributed by atoms with Crippen LogP contribution in [0, 0.1) is 6.42 Å². The van der Waals surface area contributed by atoms with Gasteiger partial charge in [0.2, 0.25) is 0 Å². The molecule has 0 aromatic carbocycles. The van der Waals surface area contributed by atoms with Gasteiger partial charge in [0.15, 0.2) is 0 Å². The van der Waals surface area contributed by atoms with Gasteiger partial charge in [0, 0.05) is 24.8 Å². The van der Waals surface area contributed by atoms with Gasteiger partial charge in [0.05, 0.1) is 0 Å². The summed E-state index contributed by atoms with van der Waals surface area (Å²) < 4.78 is 0. The first-order valence-corrected chi connectivity index (χ1v) is 3.82. The normalized spacial score (nSPS) is 8.86. The Balaban J connectivity index is 0.000000980. The van der Waals surface area contributed by atoms with Crippen molar-refractivity contribution < 1.29 is 18.9 Å². The van der Waals surface area contributed by atoms with E-state index in [2.05, 4.69) is 19.9 Å². The third-order valence-electron chi connectivity index (χ3n) is 1.46. The summed E-state index contributed by atoms with van der Waals surface area (Å²) in [5.74, 6) is 0. The van der Waals surface area contributed by atoms with Crippen LogP contribution in [0.25, 0.3) is 0 Å². The molecule has 0 aliphatic rings. The van der Waals surface area contributed by atoms with Crippen LogP contribution in [0.5, 0.6) is 0 Å². The van der Waals surface area contributed by atoms with E-state index in [1.807, 2.05) is 6.42 Å². The van der Waals surface area contributed by atoms with Crippen molar-refractivity contribution >= 4 is 0 Å². The molecule has 2 aromatic rings. The Bertz CT molecular complexity index is 328. The second-order valence-electron chi connectivity index (χ2n) is 2.40. The standard InChI is InChI=1S/C9H7N4.Li/c1-3-12-8(6-10-1)5-9-7-11-2-4-13-9;/h1-7H;/q-1;+1. The SMILES string of the molecule is [Li+].c1cnc([CH-]c2cnccn2)cn1. The van der Waals surface area contributed by atoms with Gasteiger partial charge in [0.1, 0.15) is 0 Å². The molecule has 2 aromatic heterocycles. The van der Waals surface area contributed by atoms with E-state index in [1.165, 1.54) is 0 Å². The predicted octanol–water partition coefficient (Wildman–Crippen LogP) is -2.13. The predicted molar refractivity (Wildman–Crippen MR) is 46.6 cm³/mol. The second-order valence-corrected chi connectivity index (χ2v) is 2.40. The Labute approximate surface area is 94.0 Å². The fourth-order valence-electron chi connectivity index (χ4n) is 0.922. The molecule has 2 heterocycles. The van der Waals surface area contributed by atoms with E-state index in [1.54, 1.807) is 37.2 Å². The monoisotopic (exact) mass is 178 g/mol. The van der Waals surface area contributed by atoms with E-state index in [0.717, 1.165) is 11.4 Å². The van der Waals surface area contributed by atoms with Crippen LogP contribution in [0.4, 0.5) is 0 Å². The molecule has 0 atom stereocenters. The molecule has 0 amide bonds. The summed E-state index contributed by atoms with van der Waals surface area (Å²) in [5, 5.41) is 0. The molecule has 2 rings (SSSR count). The number of aromatic nitrogens is 4. The first-order chi connectivity index (χ1) is 6.45. The van der Waals surface area contributed by atoms with Gasteiger partial charge in [-0.2, -0.15) is 0 Å². The van der Waals surface area contributed by atoms with Crippen LogP contribution in [0.15, 0.2) is 37.2 Å². The number of hydrogen-bond donors (Lipinski definition) is 0. The zero-order valence-electron chi connectivity index (χ0n) is 7.83. The first kappa shape index (κ1) is 10.7. The molecule has 0 bridgehead atoms. The van der Waals surface area contributed by atoms with E-state index < -0.39 is 0 Å². The van der Waals surface area contributed by atoms with Crippen molar-refractivity contribution in [3.05, 3.63) is 55.0 Å². The minimum Gasteiger partial charge on any atom is -0.324 e. The molecule has 0 aliphatic heterocycles. The molecule has 64 valence electrons. The number of rotatable bonds is 2. The van der Waals surface area contributed by atoms with Gasteiger partial charge in [-0.25, -0.2) is 0 Å². The molecule has 0 N–H and O–H groups in total. The Morgan fingerprint density at radius 3 is 1.64 bits per heavy atom. The van der Waals surface area contributed by atoms with Crippen molar-refractivity contribution in [1.82, 2.24) is 19.9 Å². The van der Waals surface area contributed by atoms with Gasteiger partial charge in [-0.15, -0.1) is 6.42 Å². The molecule has 14 heavy (non-hydrogen) atoms. The fourth-order valence-corrected chi connectivity index (χ4v) is 0.922. The van der Waals surface area contributed by atoms with Crippen molar-refractivity contribution in [3.63, 3.8) is 0 Å². The van der Waals surface area contributed by atoms with Crippen molar-refractivity contribution in [1.29, 1.82) is 0 Å². The van der Waals surface area contributed by atoms with E-state index in [9.17, 15) is 0 Å². The van der Waals surface area contributed by atoms with E-state index >= 15 is 0 Å². The van der Waals surface area contributed by atoms with Gasteiger partial charge in [-0.3, -0.25) is 9.97 Å². The van der Waals surface area contributed by atoms with Crippen LogP contribution < -0.4 is 18.9 Å². The average molecular weight is 178 g/mol. The number of hydrogen-bond acceptors (Lipinski definition) is 4. The van der Waals surface area contributed by atoms with Crippen molar-refractivity contribution in [3.8, 4) is 0 Å². The maximum absolute atomic E-state index is 4.09. The van der Waals surface area contributed by atoms with Crippen LogP contribution in [-0.4, -0.2) is 19.9 Å². The summed E-state index contributed by atoms with van der Waals surface area (Å²) in [4.78, 5) is 16.1. The molecular weight excluding hydrogens is 171 g/mol. The minimum atomic E-state index is 0. The summed E-state index contributed by atoms with van der Waals surface area (Å²) in [6, 6.07) is 0. The molecule has 0 unspecified atom stereocenters. The minimum absolute atomic E-state index is 0. The van der Waals surface area contributed by atoms with Gasteiger partial charge in [-0.05, 0) is 23.8 Å². The van der Waals surface area contributed by atoms with Gasteiger partial charge in [-0.1, -0.05) is 0 Å². The van der Waals surface area contributed by atoms with Gasteiger partial charge >= 0.3 is 18.9 Å². The van der Waals surface area contributed by atoms with Crippen molar-refractivity contribution in [2.24, 2.45) is 0 Å². The molecule has 4 nitrogen and oxygen atoms in total. The molecular formula is C9H7LiN4. The molecule has 0 radical (unpaired) electrons. The molecule has 0 spiro atoms. The van der Waals surface area contributed by atoms with Crippen molar-refractivity contribution in [2.45, 2.75) is 0 Å². The maximum atomic E-state index is 4.09. The molecule has 5 heteroatoms. The number of nitrogens with zero attached hydrogens (tertiary/aromatic N) is 4. The Kier molecular flexibility index (Phi) is 4.11. The van der Waals surface area contributed by atoms with Gasteiger partial charge < -0.3 is 9.97 Å². The molecule has 0 fully saturated rings. The second kappa shape index (κ2) is 5.38. The third kappa shape index (κ3) is 2.84. The third-order valence-corrected chi connectivity index (χ3v) is 1.46. The topological polar surface area (TPSA) is 51.6 Å². The summed E-state index contributed by atoms with van der Waals surface area (Å²) in [5.41, 5.74) is 1.56. The van der Waals surface area contributed by atoms with Crippen LogP contribution in [-0.2, 0) is 0 Å². The Hall–Kier alpha value is -1.37. The first-order valence-electron chi connectivity index (χ1n) is 3.82. The largest absolute Gasteiger partial charge is 1.00 e. The van der Waals surface area contributed by atoms with E-state index in [0.29, 0.717) is 0 Å². The van der Waals surface area contributed by atoms with Crippen molar-refractivity contribution in [2.75, 3.05) is 0 Å². The Morgan fingerprint density at radius 1 is 0.786 bits per heavy atom. The van der Waals surface area contributed by atoms with Crippen LogP contribution in [0.2, 0.25) is 0 Å². The Morgan fingerprint density at radius 2 is 1.29 bits per heavy atom. The molecule has 0 saturated heterocycles. The smallest absolute Gasteiger partial charge is 0.324 e. The molecule has 0 saturated carbocycles. The molecule has 0 aliphatic carbocycles. The fraction of sp³-hybridized carbons (Fsp3) is 0. The summed E-state index contributed by atoms with van der Waals surface area (Å²) in [6.07, 6.45) is 11.7. The van der Waals surface area contributed by atoms with E-state index in [4.69, 9.17) is 0 Å².